The summed E-state index contributed by atoms with van der Waals surface area (Å²) in [6, 6.07) is 12.4. The third kappa shape index (κ3) is 4.61. The van der Waals surface area contributed by atoms with E-state index in [0.29, 0.717) is 10.5 Å². The van der Waals surface area contributed by atoms with Crippen LogP contribution in [0.25, 0.3) is 10.9 Å². The molecule has 4 aromatic rings. The van der Waals surface area contributed by atoms with Crippen LogP contribution in [0.5, 0.6) is 5.88 Å². The lowest BCUT2D eigenvalue weighted by Crippen LogP contribution is -2.13. The number of rotatable bonds is 6. The number of nitrogens with one attached hydrogen (secondary N) is 2. The van der Waals surface area contributed by atoms with Gasteiger partial charge in [-0.2, -0.15) is 0 Å². The number of anilines is 1. The number of aromatic amines is 1. The molecule has 168 valence electrons. The number of fused-ring (bicyclic) bond motifs is 1. The van der Waals surface area contributed by atoms with E-state index in [1.165, 1.54) is 36.4 Å². The molecular formula is C20H13ClFN5O5S. The monoisotopic (exact) mass is 489 g/mol. The second-order valence-electron chi connectivity index (χ2n) is 6.73. The summed E-state index contributed by atoms with van der Waals surface area (Å²) in [6.45, 7) is 0. The molecule has 0 amide bonds. The SMILES string of the molecule is O=[N+]([O-])c1ccc(N=Nc2c(O)[nH]c3ccc(F)cc23)c(S(=O)(=O)Nc2ccc(Cl)cc2)c1. The Morgan fingerprint density at radius 3 is 2.48 bits per heavy atom. The Kier molecular flexibility index (Phi) is 5.70. The molecule has 0 aliphatic heterocycles. The number of benzene rings is 3. The second kappa shape index (κ2) is 8.48. The van der Waals surface area contributed by atoms with Gasteiger partial charge in [0.05, 0.1) is 10.4 Å². The molecule has 13 heteroatoms. The summed E-state index contributed by atoms with van der Waals surface area (Å²) < 4.78 is 41.9. The van der Waals surface area contributed by atoms with Gasteiger partial charge in [-0.25, -0.2) is 12.8 Å². The molecule has 10 nitrogen and oxygen atoms in total. The van der Waals surface area contributed by atoms with Gasteiger partial charge in [-0.15, -0.1) is 10.2 Å². The number of nitrogens with zero attached hydrogens (tertiary/aromatic N) is 3. The zero-order chi connectivity index (χ0) is 23.8. The van der Waals surface area contributed by atoms with Crippen LogP contribution in [-0.4, -0.2) is 23.4 Å². The van der Waals surface area contributed by atoms with E-state index >= 15 is 0 Å². The maximum atomic E-state index is 13.6. The number of hydrogen-bond acceptors (Lipinski definition) is 7. The number of sulfonamides is 1. The zero-order valence-corrected chi connectivity index (χ0v) is 17.9. The Balaban J connectivity index is 1.79. The van der Waals surface area contributed by atoms with Crippen LogP contribution in [0.1, 0.15) is 0 Å². The van der Waals surface area contributed by atoms with Crippen molar-refractivity contribution in [2.45, 2.75) is 4.90 Å². The fourth-order valence-corrected chi connectivity index (χ4v) is 4.33. The first-order valence-corrected chi connectivity index (χ1v) is 11.0. The molecule has 1 heterocycles. The lowest BCUT2D eigenvalue weighted by molar-refractivity contribution is -0.385. The molecule has 0 bridgehead atoms. The van der Waals surface area contributed by atoms with Crippen molar-refractivity contribution in [3.05, 3.63) is 81.6 Å². The van der Waals surface area contributed by atoms with Gasteiger partial charge in [0.2, 0.25) is 5.88 Å². The fourth-order valence-electron chi connectivity index (χ4n) is 2.98. The number of H-pyrrole nitrogens is 1. The number of hydrogen-bond donors (Lipinski definition) is 3. The Morgan fingerprint density at radius 2 is 1.79 bits per heavy atom. The van der Waals surface area contributed by atoms with Crippen LogP contribution < -0.4 is 4.72 Å². The Bertz CT molecular complexity index is 1520. The average molecular weight is 490 g/mol. The minimum atomic E-state index is -4.34. The molecule has 0 radical (unpaired) electrons. The van der Waals surface area contributed by atoms with Gasteiger partial charge in [0.25, 0.3) is 15.7 Å². The third-order valence-corrected chi connectivity index (χ3v) is 6.17. The number of nitro benzene ring substituents is 1. The summed E-state index contributed by atoms with van der Waals surface area (Å²) in [6.07, 6.45) is 0. The second-order valence-corrected chi connectivity index (χ2v) is 8.82. The van der Waals surface area contributed by atoms with E-state index in [0.717, 1.165) is 24.3 Å². The van der Waals surface area contributed by atoms with Crippen LogP contribution in [0.4, 0.5) is 27.1 Å². The van der Waals surface area contributed by atoms with Gasteiger partial charge in [0.15, 0.2) is 5.69 Å². The van der Waals surface area contributed by atoms with E-state index in [4.69, 9.17) is 11.6 Å². The van der Waals surface area contributed by atoms with E-state index < -0.39 is 37.2 Å². The van der Waals surface area contributed by atoms with Crippen molar-refractivity contribution < 1.29 is 22.8 Å². The molecule has 0 atom stereocenters. The topological polar surface area (TPSA) is 150 Å². The first-order chi connectivity index (χ1) is 15.6. The van der Waals surface area contributed by atoms with Gasteiger partial charge >= 0.3 is 0 Å². The lowest BCUT2D eigenvalue weighted by atomic mass is 10.2. The molecule has 33 heavy (non-hydrogen) atoms. The van der Waals surface area contributed by atoms with Crippen molar-refractivity contribution in [1.29, 1.82) is 0 Å². The molecule has 0 spiro atoms. The maximum Gasteiger partial charge on any atom is 0.270 e. The van der Waals surface area contributed by atoms with Gasteiger partial charge in [-0.05, 0) is 48.5 Å². The van der Waals surface area contributed by atoms with Crippen molar-refractivity contribution in [3.8, 4) is 5.88 Å². The molecule has 0 aliphatic rings. The van der Waals surface area contributed by atoms with E-state index in [-0.39, 0.29) is 22.4 Å². The smallest absolute Gasteiger partial charge is 0.270 e. The van der Waals surface area contributed by atoms with Crippen LogP contribution in [0, 0.1) is 15.9 Å². The van der Waals surface area contributed by atoms with E-state index in [1.807, 2.05) is 0 Å². The summed E-state index contributed by atoms with van der Waals surface area (Å²) in [7, 11) is -4.34. The molecule has 3 N–H and O–H groups in total. The number of aromatic hydroxyl groups is 1. The Morgan fingerprint density at radius 1 is 1.06 bits per heavy atom. The third-order valence-electron chi connectivity index (χ3n) is 4.51. The molecule has 0 aliphatic carbocycles. The minimum Gasteiger partial charge on any atom is -0.493 e. The van der Waals surface area contributed by atoms with Crippen LogP contribution in [0.3, 0.4) is 0 Å². The predicted molar refractivity (Wildman–Crippen MR) is 119 cm³/mol. The number of nitro groups is 1. The highest BCUT2D eigenvalue weighted by atomic mass is 35.5. The van der Waals surface area contributed by atoms with Gasteiger partial charge in [0.1, 0.15) is 16.4 Å². The van der Waals surface area contributed by atoms with Gasteiger partial charge < -0.3 is 10.1 Å². The van der Waals surface area contributed by atoms with E-state index in [9.17, 15) is 28.0 Å². The van der Waals surface area contributed by atoms with Crippen LogP contribution in [0.2, 0.25) is 5.02 Å². The number of aromatic nitrogens is 1. The minimum absolute atomic E-state index is 0.128. The molecule has 1 aromatic heterocycles. The maximum absolute atomic E-state index is 13.6. The standard InChI is InChI=1S/C20H13ClFN5O5S/c21-11-1-4-13(5-2-11)26-33(31,32)18-10-14(27(29)30)6-8-17(18)24-25-19-15-9-12(22)3-7-16(15)23-20(19)28/h1-10,23,26,28H. The molecule has 3 aromatic carbocycles. The van der Waals surface area contributed by atoms with Gasteiger partial charge in [-0.1, -0.05) is 11.6 Å². The quantitative estimate of drug-likeness (QED) is 0.178. The fraction of sp³-hybridized carbons (Fsp3) is 0. The highest BCUT2D eigenvalue weighted by Gasteiger charge is 2.23. The summed E-state index contributed by atoms with van der Waals surface area (Å²) in [5.74, 6) is -0.992. The highest BCUT2D eigenvalue weighted by molar-refractivity contribution is 7.92. The molecular weight excluding hydrogens is 477 g/mol. The van der Waals surface area contributed by atoms with Gasteiger partial charge in [0, 0.05) is 28.2 Å². The van der Waals surface area contributed by atoms with Crippen LogP contribution >= 0.6 is 11.6 Å². The molecule has 4 rings (SSSR count). The summed E-state index contributed by atoms with van der Waals surface area (Å²) in [4.78, 5) is 12.5. The summed E-state index contributed by atoms with van der Waals surface area (Å²) in [5.41, 5.74) is -0.311. The van der Waals surface area contributed by atoms with Crippen LogP contribution in [0.15, 0.2) is 75.8 Å². The average Bonchev–Trinajstić information content (AvgIpc) is 3.07. The molecule has 0 unspecified atom stereocenters. The van der Waals surface area contributed by atoms with Crippen molar-refractivity contribution in [2.24, 2.45) is 10.2 Å². The highest BCUT2D eigenvalue weighted by Crippen LogP contribution is 2.38. The zero-order valence-electron chi connectivity index (χ0n) is 16.4. The van der Waals surface area contributed by atoms with Crippen LogP contribution in [-0.2, 0) is 10.0 Å². The Hall–Kier alpha value is -4.03. The lowest BCUT2D eigenvalue weighted by Gasteiger charge is -2.10. The first-order valence-electron chi connectivity index (χ1n) is 9.13. The Labute approximate surface area is 190 Å². The molecule has 0 saturated carbocycles. The van der Waals surface area contributed by atoms with E-state index in [2.05, 4.69) is 19.9 Å². The van der Waals surface area contributed by atoms with Gasteiger partial charge in [-0.3, -0.25) is 14.8 Å². The predicted octanol–water partition coefficient (Wildman–Crippen LogP) is 5.79. The first kappa shape index (κ1) is 22.2. The van der Waals surface area contributed by atoms with Crippen molar-refractivity contribution in [3.63, 3.8) is 0 Å². The van der Waals surface area contributed by atoms with Crippen molar-refractivity contribution >= 4 is 55.3 Å². The summed E-state index contributed by atoms with van der Waals surface area (Å²) in [5, 5.41) is 29.6. The van der Waals surface area contributed by atoms with Crippen molar-refractivity contribution in [2.75, 3.05) is 4.72 Å². The summed E-state index contributed by atoms with van der Waals surface area (Å²) >= 11 is 5.81. The van der Waals surface area contributed by atoms with Crippen molar-refractivity contribution in [1.82, 2.24) is 4.98 Å². The number of non-ortho nitro benzene ring substituents is 1. The number of halogens is 2. The largest absolute Gasteiger partial charge is 0.493 e. The number of azo groups is 1. The molecule has 0 saturated heterocycles. The molecule has 0 fully saturated rings. The van der Waals surface area contributed by atoms with E-state index in [1.54, 1.807) is 0 Å². The normalized spacial score (nSPS) is 11.8.